The molecule has 0 aliphatic carbocycles. The molecule has 1 nitrogen and oxygen atoms in total. The Balaban J connectivity index is 0.000000490. The van der Waals surface area contributed by atoms with Crippen LogP contribution in [0.3, 0.4) is 0 Å². The van der Waals surface area contributed by atoms with Crippen LogP contribution in [0.2, 0.25) is 0 Å². The summed E-state index contributed by atoms with van der Waals surface area (Å²) >= 11 is 0. The summed E-state index contributed by atoms with van der Waals surface area (Å²) < 4.78 is 0. The molecule has 0 fully saturated rings. The van der Waals surface area contributed by atoms with Crippen molar-refractivity contribution < 1.29 is 58.2 Å². The van der Waals surface area contributed by atoms with Crippen molar-refractivity contribution in [2.75, 3.05) is 0 Å². The van der Waals surface area contributed by atoms with E-state index >= 15 is 0 Å². The normalized spacial score (nSPS) is 8.25. The van der Waals surface area contributed by atoms with Gasteiger partial charge in [-0.3, -0.25) is 0 Å². The fourth-order valence-electron chi connectivity index (χ4n) is 0.594. The number of aryl methyl sites for hydroxylation is 2. The zero-order chi connectivity index (χ0) is 5.28. The SMILES string of the molecule is Cc1ccc(C)[n-]1.[Rb+]. The second-order valence-corrected chi connectivity index (χ2v) is 1.73. The summed E-state index contributed by atoms with van der Waals surface area (Å²) in [6, 6.07) is 4.02. The van der Waals surface area contributed by atoms with E-state index in [1.54, 1.807) is 0 Å². The molecule has 0 amide bonds. The Morgan fingerprint density at radius 1 is 1.12 bits per heavy atom. The van der Waals surface area contributed by atoms with Crippen molar-refractivity contribution in [2.24, 2.45) is 0 Å². The summed E-state index contributed by atoms with van der Waals surface area (Å²) in [5, 5.41) is 0. The number of rotatable bonds is 0. The third kappa shape index (κ3) is 2.58. The zero-order valence-electron chi connectivity index (χ0n) is 5.60. The van der Waals surface area contributed by atoms with Gasteiger partial charge in [-0.1, -0.05) is 26.0 Å². The van der Waals surface area contributed by atoms with Gasteiger partial charge < -0.3 is 4.98 Å². The summed E-state index contributed by atoms with van der Waals surface area (Å²) in [4.78, 5) is 4.11. The van der Waals surface area contributed by atoms with Crippen LogP contribution in [0.4, 0.5) is 0 Å². The number of hydrogen-bond acceptors (Lipinski definition) is 0. The fourth-order valence-corrected chi connectivity index (χ4v) is 0.594. The van der Waals surface area contributed by atoms with Crippen LogP contribution in [0.5, 0.6) is 0 Å². The largest absolute Gasteiger partial charge is 1.00 e. The molecule has 38 valence electrons. The van der Waals surface area contributed by atoms with E-state index < -0.39 is 0 Å². The molecule has 8 heavy (non-hydrogen) atoms. The molecule has 1 rings (SSSR count). The molecule has 0 spiro atoms. The molecule has 0 aliphatic heterocycles. The van der Waals surface area contributed by atoms with Crippen LogP contribution in [-0.2, 0) is 0 Å². The Bertz CT molecular complexity index is 141. The molecule has 0 unspecified atom stereocenters. The zero-order valence-corrected chi connectivity index (χ0v) is 10.5. The number of nitrogens with zero attached hydrogens (tertiary/aromatic N) is 1. The van der Waals surface area contributed by atoms with Gasteiger partial charge >= 0.3 is 58.2 Å². The van der Waals surface area contributed by atoms with Crippen LogP contribution in [-0.4, -0.2) is 0 Å². The summed E-state index contributed by atoms with van der Waals surface area (Å²) in [6.45, 7) is 3.99. The summed E-state index contributed by atoms with van der Waals surface area (Å²) in [6.07, 6.45) is 0. The molecule has 0 aliphatic rings. The fraction of sp³-hybridized carbons (Fsp3) is 0.333. The quantitative estimate of drug-likeness (QED) is 0.462. The van der Waals surface area contributed by atoms with E-state index in [-0.39, 0.29) is 58.2 Å². The standard InChI is InChI=1S/C6H8N.Rb/c1-5-3-4-6(2)7-5;/h3-4H,1-2H3;/q-1;+1. The molecule has 0 radical (unpaired) electrons. The van der Waals surface area contributed by atoms with E-state index in [1.165, 1.54) is 0 Å². The topological polar surface area (TPSA) is 14.1 Å². The van der Waals surface area contributed by atoms with Gasteiger partial charge in [0.2, 0.25) is 0 Å². The van der Waals surface area contributed by atoms with Gasteiger partial charge in [-0.05, 0) is 0 Å². The average Bonchev–Trinajstić information content (AvgIpc) is 1.87. The monoisotopic (exact) mass is 179 g/mol. The van der Waals surface area contributed by atoms with Gasteiger partial charge in [0.1, 0.15) is 0 Å². The van der Waals surface area contributed by atoms with Crippen molar-refractivity contribution in [3.05, 3.63) is 23.5 Å². The number of hydrogen-bond donors (Lipinski definition) is 0. The Morgan fingerprint density at radius 3 is 1.62 bits per heavy atom. The predicted molar refractivity (Wildman–Crippen MR) is 29.2 cm³/mol. The third-order valence-corrected chi connectivity index (χ3v) is 0.918. The molecule has 0 bridgehead atoms. The van der Waals surface area contributed by atoms with Gasteiger partial charge in [-0.25, -0.2) is 0 Å². The van der Waals surface area contributed by atoms with Gasteiger partial charge in [0, 0.05) is 0 Å². The van der Waals surface area contributed by atoms with Crippen LogP contribution >= 0.6 is 0 Å². The summed E-state index contributed by atoms with van der Waals surface area (Å²) in [5.74, 6) is 0. The summed E-state index contributed by atoms with van der Waals surface area (Å²) in [5.41, 5.74) is 2.22. The van der Waals surface area contributed by atoms with Crippen molar-refractivity contribution in [3.8, 4) is 0 Å². The first-order valence-electron chi connectivity index (χ1n) is 2.36. The minimum atomic E-state index is 0. The summed E-state index contributed by atoms with van der Waals surface area (Å²) in [7, 11) is 0. The predicted octanol–water partition coefficient (Wildman–Crippen LogP) is -1.74. The van der Waals surface area contributed by atoms with Crippen molar-refractivity contribution in [1.29, 1.82) is 0 Å². The van der Waals surface area contributed by atoms with Gasteiger partial charge in [-0.15, -0.1) is 0 Å². The minimum absolute atomic E-state index is 0. The van der Waals surface area contributed by atoms with Crippen LogP contribution in [0.15, 0.2) is 12.1 Å². The maximum Gasteiger partial charge on any atom is 1.00 e. The molecule has 1 aromatic heterocycles. The molecule has 0 N–H and O–H groups in total. The Labute approximate surface area is 98.7 Å². The van der Waals surface area contributed by atoms with E-state index in [1.807, 2.05) is 26.0 Å². The Hall–Kier alpha value is 1.09. The first kappa shape index (κ1) is 9.09. The molecule has 0 saturated heterocycles. The van der Waals surface area contributed by atoms with Crippen LogP contribution in [0, 0.1) is 13.8 Å². The van der Waals surface area contributed by atoms with E-state index in [0.717, 1.165) is 11.4 Å². The van der Waals surface area contributed by atoms with Gasteiger partial charge in [0.25, 0.3) is 0 Å². The second-order valence-electron chi connectivity index (χ2n) is 1.73. The molecule has 0 saturated carbocycles. The first-order valence-corrected chi connectivity index (χ1v) is 2.36. The van der Waals surface area contributed by atoms with E-state index in [0.29, 0.717) is 0 Å². The van der Waals surface area contributed by atoms with Crippen molar-refractivity contribution >= 4 is 0 Å². The number of aromatic nitrogens is 1. The third-order valence-electron chi connectivity index (χ3n) is 0.918. The van der Waals surface area contributed by atoms with Crippen molar-refractivity contribution in [2.45, 2.75) is 13.8 Å². The molecular weight excluding hydrogens is 172 g/mol. The molecule has 1 aromatic rings. The van der Waals surface area contributed by atoms with E-state index in [9.17, 15) is 0 Å². The first-order chi connectivity index (χ1) is 3.29. The van der Waals surface area contributed by atoms with E-state index in [4.69, 9.17) is 0 Å². The van der Waals surface area contributed by atoms with Crippen molar-refractivity contribution in [3.63, 3.8) is 0 Å². The Kier molecular flexibility index (Phi) is 4.53. The molecule has 1 heterocycles. The van der Waals surface area contributed by atoms with Gasteiger partial charge in [0.15, 0.2) is 0 Å². The average molecular weight is 180 g/mol. The van der Waals surface area contributed by atoms with Gasteiger partial charge in [-0.2, -0.15) is 11.4 Å². The smallest absolute Gasteiger partial charge is 0.665 e. The molecule has 0 aromatic carbocycles. The van der Waals surface area contributed by atoms with Crippen LogP contribution in [0.1, 0.15) is 11.4 Å². The van der Waals surface area contributed by atoms with Crippen LogP contribution in [0.25, 0.3) is 0 Å². The molecule has 2 heteroatoms. The van der Waals surface area contributed by atoms with Crippen LogP contribution < -0.4 is 63.2 Å². The molecule has 0 atom stereocenters. The van der Waals surface area contributed by atoms with E-state index in [2.05, 4.69) is 4.98 Å². The van der Waals surface area contributed by atoms with Crippen molar-refractivity contribution in [1.82, 2.24) is 4.98 Å². The minimum Gasteiger partial charge on any atom is -0.665 e. The Morgan fingerprint density at radius 2 is 1.50 bits per heavy atom. The maximum absolute atomic E-state index is 4.11. The molecular formula is C6H8NRb. The second kappa shape index (κ2) is 3.99. The van der Waals surface area contributed by atoms with Gasteiger partial charge in [0.05, 0.1) is 0 Å². The maximum atomic E-state index is 4.11.